The Morgan fingerprint density at radius 2 is 1.96 bits per heavy atom. The molecule has 0 bridgehead atoms. The van der Waals surface area contributed by atoms with Crippen LogP contribution in [0.25, 0.3) is 21.8 Å². The van der Waals surface area contributed by atoms with Crippen LogP contribution in [0.5, 0.6) is 5.75 Å². The van der Waals surface area contributed by atoms with Crippen molar-refractivity contribution in [2.75, 3.05) is 5.32 Å². The number of aromatic hydroxyl groups is 1. The lowest BCUT2D eigenvalue weighted by Crippen LogP contribution is -2.36. The fourth-order valence-corrected chi connectivity index (χ4v) is 2.78. The van der Waals surface area contributed by atoms with Gasteiger partial charge in [-0.05, 0) is 36.6 Å². The summed E-state index contributed by atoms with van der Waals surface area (Å²) in [7, 11) is 0. The van der Waals surface area contributed by atoms with Crippen LogP contribution in [0.3, 0.4) is 0 Å². The third kappa shape index (κ3) is 3.16. The van der Waals surface area contributed by atoms with Gasteiger partial charge in [0.2, 0.25) is 5.91 Å². The molecule has 24 heavy (non-hydrogen) atoms. The van der Waals surface area contributed by atoms with E-state index in [-0.39, 0.29) is 11.7 Å². The Labute approximate surface area is 140 Å². The zero-order valence-electron chi connectivity index (χ0n) is 13.8. The van der Waals surface area contributed by atoms with E-state index in [0.717, 1.165) is 10.9 Å². The van der Waals surface area contributed by atoms with Crippen molar-refractivity contribution in [1.29, 1.82) is 0 Å². The summed E-state index contributed by atoms with van der Waals surface area (Å²) in [4.78, 5) is 16.7. The number of hydrogen-bond acceptors (Lipinski definition) is 4. The number of carbonyl (C=O) groups excluding carboxylic acids is 1. The molecule has 0 radical (unpaired) electrons. The highest BCUT2D eigenvalue weighted by Gasteiger charge is 2.17. The topological polar surface area (TPSA) is 88.2 Å². The van der Waals surface area contributed by atoms with Gasteiger partial charge in [-0.3, -0.25) is 4.79 Å². The smallest absolute Gasteiger partial charge is 0.241 e. The molecule has 3 rings (SSSR count). The van der Waals surface area contributed by atoms with Crippen molar-refractivity contribution >= 4 is 33.4 Å². The summed E-state index contributed by atoms with van der Waals surface area (Å²) in [5, 5.41) is 14.8. The SMILES string of the molecule is CC(C)CC(N)C(=O)Nc1ccc2nc3ccccc3cc2c1O. The zero-order chi connectivity index (χ0) is 17.3. The molecule has 0 fully saturated rings. The van der Waals surface area contributed by atoms with Crippen LogP contribution in [0.1, 0.15) is 20.3 Å². The van der Waals surface area contributed by atoms with Crippen LogP contribution in [0.15, 0.2) is 42.5 Å². The van der Waals surface area contributed by atoms with E-state index in [9.17, 15) is 9.90 Å². The van der Waals surface area contributed by atoms with Gasteiger partial charge in [-0.15, -0.1) is 0 Å². The summed E-state index contributed by atoms with van der Waals surface area (Å²) in [5.74, 6) is 0.0365. The van der Waals surface area contributed by atoms with E-state index in [1.54, 1.807) is 12.1 Å². The van der Waals surface area contributed by atoms with E-state index < -0.39 is 6.04 Å². The monoisotopic (exact) mass is 323 g/mol. The molecular weight excluding hydrogens is 302 g/mol. The summed E-state index contributed by atoms with van der Waals surface area (Å²) in [6.45, 7) is 4.02. The predicted octanol–water partition coefficient (Wildman–Crippen LogP) is 3.41. The van der Waals surface area contributed by atoms with Gasteiger partial charge < -0.3 is 16.2 Å². The fourth-order valence-electron chi connectivity index (χ4n) is 2.78. The molecule has 3 aromatic rings. The van der Waals surface area contributed by atoms with Gasteiger partial charge in [0.05, 0.1) is 22.8 Å². The highest BCUT2D eigenvalue weighted by Crippen LogP contribution is 2.33. The number of amides is 1. The number of phenols is 1. The zero-order valence-corrected chi connectivity index (χ0v) is 13.8. The van der Waals surface area contributed by atoms with Gasteiger partial charge >= 0.3 is 0 Å². The van der Waals surface area contributed by atoms with Crippen LogP contribution >= 0.6 is 0 Å². The molecule has 0 aliphatic carbocycles. The predicted molar refractivity (Wildman–Crippen MR) is 97.0 cm³/mol. The molecule has 4 N–H and O–H groups in total. The molecule has 5 heteroatoms. The lowest BCUT2D eigenvalue weighted by Gasteiger charge is -2.15. The average Bonchev–Trinajstić information content (AvgIpc) is 2.55. The van der Waals surface area contributed by atoms with Crippen LogP contribution in [-0.2, 0) is 4.79 Å². The number of aromatic nitrogens is 1. The Kier molecular flexibility index (Phi) is 4.36. The number of anilines is 1. The maximum absolute atomic E-state index is 12.2. The van der Waals surface area contributed by atoms with Crippen LogP contribution in [-0.4, -0.2) is 22.0 Å². The third-order valence-electron chi connectivity index (χ3n) is 3.99. The summed E-state index contributed by atoms with van der Waals surface area (Å²) >= 11 is 0. The molecule has 1 aromatic heterocycles. The minimum Gasteiger partial charge on any atom is -0.505 e. The summed E-state index contributed by atoms with van der Waals surface area (Å²) in [6, 6.07) is 12.4. The van der Waals surface area contributed by atoms with Crippen molar-refractivity contribution < 1.29 is 9.90 Å². The number of nitrogens with one attached hydrogen (secondary N) is 1. The number of fused-ring (bicyclic) bond motifs is 2. The first-order valence-electron chi connectivity index (χ1n) is 8.03. The van der Waals surface area contributed by atoms with E-state index in [0.29, 0.717) is 28.9 Å². The summed E-state index contributed by atoms with van der Waals surface area (Å²) in [5.41, 5.74) is 7.79. The molecule has 1 unspecified atom stereocenters. The Balaban J connectivity index is 1.96. The van der Waals surface area contributed by atoms with Crippen molar-refractivity contribution in [3.05, 3.63) is 42.5 Å². The molecule has 1 heterocycles. The van der Waals surface area contributed by atoms with Crippen molar-refractivity contribution in [1.82, 2.24) is 4.98 Å². The van der Waals surface area contributed by atoms with E-state index in [1.807, 2.05) is 44.2 Å². The number of nitrogens with zero attached hydrogens (tertiary/aromatic N) is 1. The minimum absolute atomic E-state index is 0.0100. The normalized spacial score (nSPS) is 12.7. The van der Waals surface area contributed by atoms with Crippen molar-refractivity contribution in [2.24, 2.45) is 11.7 Å². The first-order valence-corrected chi connectivity index (χ1v) is 8.03. The second kappa shape index (κ2) is 6.45. The molecule has 0 saturated heterocycles. The van der Waals surface area contributed by atoms with Gasteiger partial charge in [-0.25, -0.2) is 4.98 Å². The summed E-state index contributed by atoms with van der Waals surface area (Å²) in [6.07, 6.45) is 0.590. The maximum Gasteiger partial charge on any atom is 0.241 e. The Morgan fingerprint density at radius 1 is 1.21 bits per heavy atom. The Bertz CT molecular complexity index is 906. The highest BCUT2D eigenvalue weighted by atomic mass is 16.3. The first-order chi connectivity index (χ1) is 11.5. The van der Waals surface area contributed by atoms with E-state index in [1.165, 1.54) is 0 Å². The molecule has 0 aliphatic rings. The summed E-state index contributed by atoms with van der Waals surface area (Å²) < 4.78 is 0. The van der Waals surface area contributed by atoms with Crippen molar-refractivity contribution in [3.8, 4) is 5.75 Å². The maximum atomic E-state index is 12.2. The van der Waals surface area contributed by atoms with Crippen molar-refractivity contribution in [3.63, 3.8) is 0 Å². The molecule has 0 saturated carbocycles. The first kappa shape index (κ1) is 16.2. The molecule has 124 valence electrons. The van der Waals surface area contributed by atoms with E-state index >= 15 is 0 Å². The second-order valence-corrected chi connectivity index (χ2v) is 6.43. The Hall–Kier alpha value is -2.66. The average molecular weight is 323 g/mol. The van der Waals surface area contributed by atoms with Gasteiger partial charge in [-0.2, -0.15) is 0 Å². The quantitative estimate of drug-likeness (QED) is 0.507. The standard InChI is InChI=1S/C19H21N3O2/c1-11(2)9-14(20)19(24)22-17-8-7-16-13(18(17)23)10-12-5-3-4-6-15(12)21-16/h3-8,10-11,14,23H,9,20H2,1-2H3,(H,22,24). The minimum atomic E-state index is -0.602. The van der Waals surface area contributed by atoms with E-state index in [2.05, 4.69) is 10.3 Å². The van der Waals surface area contributed by atoms with Gasteiger partial charge in [0, 0.05) is 10.8 Å². The molecular formula is C19H21N3O2. The number of benzene rings is 2. The molecule has 1 amide bonds. The number of para-hydroxylation sites is 1. The Morgan fingerprint density at radius 3 is 2.71 bits per heavy atom. The number of phenolic OH excluding ortho intramolecular Hbond substituents is 1. The molecule has 2 aromatic carbocycles. The van der Waals surface area contributed by atoms with Crippen LogP contribution < -0.4 is 11.1 Å². The molecule has 0 aliphatic heterocycles. The number of carbonyl (C=O) groups is 1. The van der Waals surface area contributed by atoms with Gasteiger partial charge in [0.25, 0.3) is 0 Å². The van der Waals surface area contributed by atoms with Crippen LogP contribution in [0, 0.1) is 5.92 Å². The largest absolute Gasteiger partial charge is 0.505 e. The lowest BCUT2D eigenvalue weighted by molar-refractivity contribution is -0.117. The van der Waals surface area contributed by atoms with Gasteiger partial charge in [0.15, 0.2) is 0 Å². The van der Waals surface area contributed by atoms with Crippen molar-refractivity contribution in [2.45, 2.75) is 26.3 Å². The number of hydrogen-bond donors (Lipinski definition) is 3. The van der Waals surface area contributed by atoms with Crippen LogP contribution in [0.2, 0.25) is 0 Å². The fraction of sp³-hybridized carbons (Fsp3) is 0.263. The molecule has 0 spiro atoms. The number of rotatable bonds is 4. The van der Waals surface area contributed by atoms with E-state index in [4.69, 9.17) is 5.73 Å². The van der Waals surface area contributed by atoms with Gasteiger partial charge in [0.1, 0.15) is 5.75 Å². The highest BCUT2D eigenvalue weighted by molar-refractivity contribution is 6.03. The van der Waals surface area contributed by atoms with Crippen LogP contribution in [0.4, 0.5) is 5.69 Å². The third-order valence-corrected chi connectivity index (χ3v) is 3.99. The number of nitrogens with two attached hydrogens (primary N) is 1. The second-order valence-electron chi connectivity index (χ2n) is 6.43. The molecule has 5 nitrogen and oxygen atoms in total. The number of pyridine rings is 1. The lowest BCUT2D eigenvalue weighted by atomic mass is 10.0. The van der Waals surface area contributed by atoms with Gasteiger partial charge in [-0.1, -0.05) is 32.0 Å². The molecule has 1 atom stereocenters.